The summed E-state index contributed by atoms with van der Waals surface area (Å²) < 4.78 is 43.7. The van der Waals surface area contributed by atoms with Gasteiger partial charge >= 0.3 is 6.18 Å². The number of nitrogens with two attached hydrogens (primary N) is 1. The van der Waals surface area contributed by atoms with Crippen LogP contribution in [0.15, 0.2) is 54.7 Å². The van der Waals surface area contributed by atoms with Gasteiger partial charge in [0.15, 0.2) is 12.2 Å². The average molecular weight is 460 g/mol. The van der Waals surface area contributed by atoms with Gasteiger partial charge in [0, 0.05) is 29.5 Å². The minimum absolute atomic E-state index is 0.00990. The van der Waals surface area contributed by atoms with Crippen LogP contribution in [-0.2, 0) is 20.5 Å². The molecular weight excluding hydrogens is 441 g/mol. The number of hydrogen-bond acceptors (Lipinski definition) is 6. The zero-order valence-corrected chi connectivity index (χ0v) is 17.0. The molecule has 2 aromatic carbocycles. The number of ether oxygens (including phenoxy) is 1. The van der Waals surface area contributed by atoms with Gasteiger partial charge in [0.1, 0.15) is 5.82 Å². The minimum Gasteiger partial charge on any atom is -0.383 e. The average Bonchev–Trinajstić information content (AvgIpc) is 2.78. The van der Waals surface area contributed by atoms with Gasteiger partial charge in [0.2, 0.25) is 0 Å². The fraction of sp³-hybridized carbons (Fsp3) is 0.227. The summed E-state index contributed by atoms with van der Waals surface area (Å²) in [6.07, 6.45) is -6.34. The number of aliphatic hydroxyl groups is 1. The quantitative estimate of drug-likeness (QED) is 0.551. The lowest BCUT2D eigenvalue weighted by Crippen LogP contribution is -2.55. The van der Waals surface area contributed by atoms with E-state index < -0.39 is 35.8 Å². The van der Waals surface area contributed by atoms with Crippen molar-refractivity contribution in [3.8, 4) is 0 Å². The highest BCUT2D eigenvalue weighted by atomic mass is 19.4. The van der Waals surface area contributed by atoms with E-state index in [-0.39, 0.29) is 18.8 Å². The van der Waals surface area contributed by atoms with Crippen LogP contribution < -0.4 is 16.0 Å². The number of halogens is 3. The van der Waals surface area contributed by atoms with E-state index in [1.165, 1.54) is 11.1 Å². The van der Waals surface area contributed by atoms with Crippen molar-refractivity contribution in [2.24, 2.45) is 0 Å². The Morgan fingerprint density at radius 2 is 1.94 bits per heavy atom. The normalized spacial score (nSPS) is 17.8. The number of amides is 2. The molecule has 33 heavy (non-hydrogen) atoms. The monoisotopic (exact) mass is 460 g/mol. The second kappa shape index (κ2) is 8.68. The molecule has 11 heteroatoms. The van der Waals surface area contributed by atoms with E-state index in [0.29, 0.717) is 22.3 Å². The molecule has 2 unspecified atom stereocenters. The molecule has 1 saturated heterocycles. The lowest BCUT2D eigenvalue weighted by Gasteiger charge is -2.34. The number of fused-ring (bicyclic) bond motifs is 1. The largest absolute Gasteiger partial charge is 0.416 e. The molecule has 0 aliphatic carbocycles. The Hall–Kier alpha value is -3.70. The maximum Gasteiger partial charge on any atom is 0.416 e. The highest BCUT2D eigenvalue weighted by Gasteiger charge is 2.39. The van der Waals surface area contributed by atoms with Crippen molar-refractivity contribution in [3.05, 3.63) is 60.3 Å². The van der Waals surface area contributed by atoms with Gasteiger partial charge in [0.25, 0.3) is 11.8 Å². The first-order valence-electron chi connectivity index (χ1n) is 9.88. The third-order valence-electron chi connectivity index (χ3n) is 5.25. The number of pyridine rings is 1. The molecule has 3 aromatic rings. The van der Waals surface area contributed by atoms with E-state index in [9.17, 15) is 27.9 Å². The molecule has 8 nitrogen and oxygen atoms in total. The molecular formula is C22H19F3N4O4. The summed E-state index contributed by atoms with van der Waals surface area (Å²) in [5.41, 5.74) is 5.52. The van der Waals surface area contributed by atoms with Gasteiger partial charge in [-0.2, -0.15) is 13.2 Å². The number of morpholine rings is 1. The maximum absolute atomic E-state index is 12.8. The van der Waals surface area contributed by atoms with Gasteiger partial charge in [-0.3, -0.25) is 9.59 Å². The van der Waals surface area contributed by atoms with E-state index >= 15 is 0 Å². The van der Waals surface area contributed by atoms with Crippen LogP contribution in [0.1, 0.15) is 5.56 Å². The number of anilines is 3. The molecule has 1 aliphatic rings. The highest BCUT2D eigenvalue weighted by molar-refractivity contribution is 6.04. The number of aliphatic hydroxyl groups excluding tert-OH is 1. The predicted octanol–water partition coefficient (Wildman–Crippen LogP) is 2.57. The number of nitrogen functional groups attached to an aromatic ring is 1. The lowest BCUT2D eigenvalue weighted by molar-refractivity contribution is -0.150. The van der Waals surface area contributed by atoms with E-state index in [0.717, 1.165) is 24.3 Å². The van der Waals surface area contributed by atoms with Gasteiger partial charge in [-0.25, -0.2) is 4.98 Å². The Morgan fingerprint density at radius 3 is 2.64 bits per heavy atom. The highest BCUT2D eigenvalue weighted by Crippen LogP contribution is 2.31. The van der Waals surface area contributed by atoms with Gasteiger partial charge in [-0.15, -0.1) is 0 Å². The number of hydrogen-bond donors (Lipinski definition) is 3. The molecule has 0 spiro atoms. The maximum atomic E-state index is 12.8. The van der Waals surface area contributed by atoms with Gasteiger partial charge in [-0.1, -0.05) is 0 Å². The van der Waals surface area contributed by atoms with Crippen LogP contribution in [0.5, 0.6) is 0 Å². The summed E-state index contributed by atoms with van der Waals surface area (Å²) in [7, 11) is 0. The molecule has 1 aliphatic heterocycles. The third-order valence-corrected chi connectivity index (χ3v) is 5.25. The number of nitrogens with zero attached hydrogens (tertiary/aromatic N) is 2. The number of benzene rings is 2. The van der Waals surface area contributed by atoms with Gasteiger partial charge in [0.05, 0.1) is 12.2 Å². The smallest absolute Gasteiger partial charge is 0.383 e. The summed E-state index contributed by atoms with van der Waals surface area (Å²) in [6.45, 7) is 0.0548. The molecule has 172 valence electrons. The number of carbonyl (C=O) groups excluding carboxylic acids is 2. The van der Waals surface area contributed by atoms with Crippen molar-refractivity contribution < 1.29 is 32.6 Å². The van der Waals surface area contributed by atoms with E-state index in [1.54, 1.807) is 24.3 Å². The standard InChI is InChI=1S/C22H19F3N4O4/c23-22(24,25)13-1-4-15(5-2-13)29-9-10-33-18(21(29)32)17(30)20(31)28-14-3-6-16-12(11-14)7-8-27-19(16)26/h1-8,11,17-18,30H,9-10H2,(H2,26,27)(H,28,31). The van der Waals surface area contributed by atoms with E-state index in [2.05, 4.69) is 10.3 Å². The van der Waals surface area contributed by atoms with Gasteiger partial charge in [-0.05, 0) is 53.9 Å². The SMILES string of the molecule is Nc1nccc2cc(NC(=O)C(O)C3OCCN(c4ccc(C(F)(F)F)cc4)C3=O)ccc12. The topological polar surface area (TPSA) is 118 Å². The van der Waals surface area contributed by atoms with Crippen LogP contribution in [-0.4, -0.2) is 47.3 Å². The Kier molecular flexibility index (Phi) is 5.91. The second-order valence-corrected chi connectivity index (χ2v) is 7.39. The molecule has 4 N–H and O–H groups in total. The van der Waals surface area contributed by atoms with Crippen molar-refractivity contribution >= 4 is 39.8 Å². The molecule has 0 radical (unpaired) electrons. The first-order valence-corrected chi connectivity index (χ1v) is 9.88. The molecule has 1 fully saturated rings. The van der Waals surface area contributed by atoms with Crippen molar-refractivity contribution in [1.82, 2.24) is 4.98 Å². The zero-order valence-electron chi connectivity index (χ0n) is 17.0. The van der Waals surface area contributed by atoms with E-state index in [4.69, 9.17) is 10.5 Å². The molecule has 1 aromatic heterocycles. The number of alkyl halides is 3. The predicted molar refractivity (Wildman–Crippen MR) is 114 cm³/mol. The molecule has 2 heterocycles. The number of aromatic nitrogens is 1. The van der Waals surface area contributed by atoms with Crippen molar-refractivity contribution in [2.75, 3.05) is 29.1 Å². The molecule has 2 amide bonds. The number of nitrogens with one attached hydrogen (secondary N) is 1. The zero-order chi connectivity index (χ0) is 23.8. The Labute approximate surface area is 185 Å². The summed E-state index contributed by atoms with van der Waals surface area (Å²) in [4.78, 5) is 30.6. The van der Waals surface area contributed by atoms with Crippen molar-refractivity contribution in [1.29, 1.82) is 0 Å². The summed E-state index contributed by atoms with van der Waals surface area (Å²) in [6, 6.07) is 10.6. The third kappa shape index (κ3) is 4.59. The van der Waals surface area contributed by atoms with Crippen LogP contribution in [0, 0.1) is 0 Å². The fourth-order valence-corrected chi connectivity index (χ4v) is 3.55. The Bertz CT molecular complexity index is 1200. The van der Waals surface area contributed by atoms with Crippen LogP contribution in [0.3, 0.4) is 0 Å². The second-order valence-electron chi connectivity index (χ2n) is 7.39. The van der Waals surface area contributed by atoms with Crippen LogP contribution >= 0.6 is 0 Å². The van der Waals surface area contributed by atoms with Crippen LogP contribution in [0.25, 0.3) is 10.8 Å². The van der Waals surface area contributed by atoms with Crippen LogP contribution in [0.2, 0.25) is 0 Å². The Morgan fingerprint density at radius 1 is 1.21 bits per heavy atom. The molecule has 4 rings (SSSR count). The minimum atomic E-state index is -4.50. The summed E-state index contributed by atoms with van der Waals surface area (Å²) >= 11 is 0. The molecule has 0 bridgehead atoms. The van der Waals surface area contributed by atoms with Crippen molar-refractivity contribution in [3.63, 3.8) is 0 Å². The Balaban J connectivity index is 1.47. The number of carbonyl (C=O) groups is 2. The van der Waals surface area contributed by atoms with Crippen LogP contribution in [0.4, 0.5) is 30.4 Å². The van der Waals surface area contributed by atoms with Crippen molar-refractivity contribution in [2.45, 2.75) is 18.4 Å². The first kappa shape index (κ1) is 22.5. The lowest BCUT2D eigenvalue weighted by atomic mass is 10.1. The first-order chi connectivity index (χ1) is 15.6. The molecule has 0 saturated carbocycles. The summed E-state index contributed by atoms with van der Waals surface area (Å²) in [5.74, 6) is -1.28. The molecule has 2 atom stereocenters. The fourth-order valence-electron chi connectivity index (χ4n) is 3.55. The van der Waals surface area contributed by atoms with E-state index in [1.807, 2.05) is 0 Å². The summed E-state index contributed by atoms with van der Waals surface area (Å²) in [5, 5.41) is 14.4. The van der Waals surface area contributed by atoms with Gasteiger partial charge < -0.3 is 25.8 Å². The number of rotatable bonds is 4.